The molecule has 8 heteroatoms. The molecule has 0 spiro atoms. The van der Waals surface area contributed by atoms with Gasteiger partial charge in [0.05, 0.1) is 3.79 Å². The quantitative estimate of drug-likeness (QED) is 0.739. The lowest BCUT2D eigenvalue weighted by Crippen LogP contribution is -2.09. The Bertz CT molecular complexity index is 625. The molecule has 0 radical (unpaired) electrons. The van der Waals surface area contributed by atoms with Crippen molar-refractivity contribution in [2.24, 2.45) is 0 Å². The van der Waals surface area contributed by atoms with Crippen LogP contribution in [0.3, 0.4) is 0 Å². The molecule has 0 saturated heterocycles. The third-order valence-electron chi connectivity index (χ3n) is 2.61. The minimum absolute atomic E-state index is 0.147. The summed E-state index contributed by atoms with van der Waals surface area (Å²) in [5, 5.41) is 9.84. The zero-order valence-corrected chi connectivity index (χ0v) is 13.2. The molecule has 0 aliphatic carbocycles. The number of alkyl halides is 3. The lowest BCUT2D eigenvalue weighted by atomic mass is 10.1. The summed E-state index contributed by atoms with van der Waals surface area (Å²) in [7, 11) is 0. The number of aliphatic hydroxyl groups is 1. The van der Waals surface area contributed by atoms with Crippen LogP contribution in [-0.4, -0.2) is 10.1 Å². The maximum absolute atomic E-state index is 12.5. The second kappa shape index (κ2) is 5.63. The summed E-state index contributed by atoms with van der Waals surface area (Å²) < 4.78 is 38.3. The molecule has 0 amide bonds. The van der Waals surface area contributed by atoms with Crippen molar-refractivity contribution in [2.75, 3.05) is 0 Å². The number of aliphatic hydroxyl groups excluding tert-OH is 1. The van der Waals surface area contributed by atoms with Gasteiger partial charge in [-0.15, -0.1) is 11.3 Å². The second-order valence-corrected chi connectivity index (χ2v) is 6.84. The molecule has 108 valence electrons. The molecule has 20 heavy (non-hydrogen) atoms. The molecule has 0 bridgehead atoms. The van der Waals surface area contributed by atoms with Crippen LogP contribution in [0, 0.1) is 6.92 Å². The highest BCUT2D eigenvalue weighted by molar-refractivity contribution is 9.11. The van der Waals surface area contributed by atoms with Gasteiger partial charge in [-0.05, 0) is 40.5 Å². The Balaban J connectivity index is 2.38. The number of hydrogen-bond donors (Lipinski definition) is 1. The zero-order valence-electron chi connectivity index (χ0n) is 10.0. The largest absolute Gasteiger partial charge is 0.433 e. The fourth-order valence-electron chi connectivity index (χ4n) is 1.58. The van der Waals surface area contributed by atoms with Gasteiger partial charge in [-0.1, -0.05) is 17.7 Å². The minimum atomic E-state index is -4.56. The van der Waals surface area contributed by atoms with E-state index in [0.29, 0.717) is 4.88 Å². The van der Waals surface area contributed by atoms with Crippen molar-refractivity contribution >= 4 is 38.9 Å². The molecular formula is C12H8BrClF3NOS. The first-order chi connectivity index (χ1) is 9.20. The van der Waals surface area contributed by atoms with Gasteiger partial charge in [0.2, 0.25) is 0 Å². The molecule has 1 N–H and O–H groups in total. The summed E-state index contributed by atoms with van der Waals surface area (Å²) in [6, 6.07) is 3.69. The Kier molecular flexibility index (Phi) is 4.44. The average molecular weight is 387 g/mol. The normalized spacial score (nSPS) is 13.6. The van der Waals surface area contributed by atoms with Crippen molar-refractivity contribution in [1.29, 1.82) is 0 Å². The molecule has 0 aromatic carbocycles. The maximum atomic E-state index is 12.5. The molecule has 0 fully saturated rings. The lowest BCUT2D eigenvalue weighted by molar-refractivity contribution is -0.141. The van der Waals surface area contributed by atoms with Gasteiger partial charge in [0.15, 0.2) is 0 Å². The molecule has 1 unspecified atom stereocenters. The summed E-state index contributed by atoms with van der Waals surface area (Å²) >= 11 is 10.4. The molecule has 2 rings (SSSR count). The molecule has 2 nitrogen and oxygen atoms in total. The first-order valence-corrected chi connectivity index (χ1v) is 7.36. The second-order valence-electron chi connectivity index (χ2n) is 4.08. The van der Waals surface area contributed by atoms with Crippen molar-refractivity contribution in [1.82, 2.24) is 4.98 Å². The van der Waals surface area contributed by atoms with E-state index in [4.69, 9.17) is 11.6 Å². The number of aromatic nitrogens is 1. The number of halogens is 5. The highest BCUT2D eigenvalue weighted by atomic mass is 79.9. The number of rotatable bonds is 2. The van der Waals surface area contributed by atoms with Gasteiger partial charge in [-0.2, -0.15) is 13.2 Å². The fourth-order valence-corrected chi connectivity index (χ4v) is 3.41. The Morgan fingerprint density at radius 2 is 2.05 bits per heavy atom. The molecule has 2 aromatic rings. The molecule has 1 atom stereocenters. The van der Waals surface area contributed by atoms with Crippen molar-refractivity contribution in [3.63, 3.8) is 0 Å². The van der Waals surface area contributed by atoms with E-state index in [9.17, 15) is 18.3 Å². The number of thiophene rings is 1. The van der Waals surface area contributed by atoms with Gasteiger partial charge in [-0.3, -0.25) is 0 Å². The first kappa shape index (κ1) is 15.8. The molecular weight excluding hydrogens is 379 g/mol. The summed E-state index contributed by atoms with van der Waals surface area (Å²) in [5.41, 5.74) is -0.00421. The Morgan fingerprint density at radius 3 is 2.50 bits per heavy atom. The van der Waals surface area contributed by atoms with Crippen LogP contribution in [0.1, 0.15) is 27.8 Å². The fraction of sp³-hybridized carbons (Fsp3) is 0.250. The van der Waals surface area contributed by atoms with Crippen molar-refractivity contribution in [3.8, 4) is 0 Å². The van der Waals surface area contributed by atoms with E-state index < -0.39 is 18.0 Å². The summed E-state index contributed by atoms with van der Waals surface area (Å²) in [6.45, 7) is 1.85. The van der Waals surface area contributed by atoms with Crippen molar-refractivity contribution in [3.05, 3.63) is 48.8 Å². The van der Waals surface area contributed by atoms with E-state index in [1.54, 1.807) is 6.07 Å². The van der Waals surface area contributed by atoms with Crippen LogP contribution < -0.4 is 0 Å². The average Bonchev–Trinajstić information content (AvgIpc) is 2.67. The van der Waals surface area contributed by atoms with Crippen molar-refractivity contribution in [2.45, 2.75) is 19.2 Å². The first-order valence-electron chi connectivity index (χ1n) is 5.37. The van der Waals surface area contributed by atoms with E-state index in [1.807, 2.05) is 6.92 Å². The highest BCUT2D eigenvalue weighted by Gasteiger charge is 2.33. The van der Waals surface area contributed by atoms with Gasteiger partial charge < -0.3 is 5.11 Å². The summed E-state index contributed by atoms with van der Waals surface area (Å²) in [5.74, 6) is 0. The summed E-state index contributed by atoms with van der Waals surface area (Å²) in [6.07, 6.45) is -5.66. The van der Waals surface area contributed by atoms with Gasteiger partial charge in [-0.25, -0.2) is 4.98 Å². The maximum Gasteiger partial charge on any atom is 0.433 e. The van der Waals surface area contributed by atoms with Crippen LogP contribution in [-0.2, 0) is 6.18 Å². The number of aryl methyl sites for hydroxylation is 1. The van der Waals surface area contributed by atoms with E-state index >= 15 is 0 Å². The Morgan fingerprint density at radius 1 is 1.40 bits per heavy atom. The Hall–Kier alpha value is -0.630. The van der Waals surface area contributed by atoms with Crippen LogP contribution in [0.15, 0.2) is 22.0 Å². The van der Waals surface area contributed by atoms with E-state index in [-0.39, 0.29) is 10.7 Å². The molecule has 0 saturated carbocycles. The smallest absolute Gasteiger partial charge is 0.383 e. The standard InChI is InChI=1S/C12H8BrClF3NOS/c1-5-4-7(20-10(5)13)9(19)6-2-3-8(12(15,16)17)18-11(6)14/h2-4,9,19H,1H3. The lowest BCUT2D eigenvalue weighted by Gasteiger charge is -2.12. The number of pyridine rings is 1. The molecule has 2 heterocycles. The van der Waals surface area contributed by atoms with Gasteiger partial charge >= 0.3 is 6.18 Å². The predicted molar refractivity (Wildman–Crippen MR) is 75.1 cm³/mol. The van der Waals surface area contributed by atoms with Gasteiger partial charge in [0.25, 0.3) is 0 Å². The van der Waals surface area contributed by atoms with E-state index in [0.717, 1.165) is 21.5 Å². The Labute approximate surface area is 130 Å². The van der Waals surface area contributed by atoms with Crippen LogP contribution >= 0.6 is 38.9 Å². The van der Waals surface area contributed by atoms with Crippen molar-refractivity contribution < 1.29 is 18.3 Å². The predicted octanol–water partition coefficient (Wildman–Crippen LogP) is 4.97. The highest BCUT2D eigenvalue weighted by Crippen LogP contribution is 2.37. The topological polar surface area (TPSA) is 33.1 Å². The summed E-state index contributed by atoms with van der Waals surface area (Å²) in [4.78, 5) is 3.87. The van der Waals surface area contributed by atoms with E-state index in [2.05, 4.69) is 20.9 Å². The van der Waals surface area contributed by atoms with Crippen LogP contribution in [0.25, 0.3) is 0 Å². The third kappa shape index (κ3) is 3.16. The number of hydrogen-bond acceptors (Lipinski definition) is 3. The van der Waals surface area contributed by atoms with Crippen LogP contribution in [0.5, 0.6) is 0 Å². The van der Waals surface area contributed by atoms with Gasteiger partial charge in [0.1, 0.15) is 17.0 Å². The minimum Gasteiger partial charge on any atom is -0.383 e. The molecule has 0 aliphatic heterocycles. The van der Waals surface area contributed by atoms with E-state index in [1.165, 1.54) is 11.3 Å². The van der Waals surface area contributed by atoms with Gasteiger partial charge in [0, 0.05) is 10.4 Å². The molecule has 2 aromatic heterocycles. The van der Waals surface area contributed by atoms with Crippen LogP contribution in [0.2, 0.25) is 5.15 Å². The van der Waals surface area contributed by atoms with Crippen LogP contribution in [0.4, 0.5) is 13.2 Å². The monoisotopic (exact) mass is 385 g/mol. The third-order valence-corrected chi connectivity index (χ3v) is 5.10. The zero-order chi connectivity index (χ0) is 15.1. The SMILES string of the molecule is Cc1cc(C(O)c2ccc(C(F)(F)F)nc2Cl)sc1Br. The molecule has 0 aliphatic rings. The number of nitrogens with zero attached hydrogens (tertiary/aromatic N) is 1.